The van der Waals surface area contributed by atoms with Crippen molar-refractivity contribution in [2.45, 2.75) is 6.18 Å². The van der Waals surface area contributed by atoms with Crippen LogP contribution in [-0.4, -0.2) is 31.8 Å². The predicted molar refractivity (Wildman–Crippen MR) is 90.0 cm³/mol. The SMILES string of the molecule is N#Cc1ccc(OCCNc2cccc(C(=O)NCC(F)(F)F)c2)cc1. The molecule has 2 N–H and O–H groups in total. The van der Waals surface area contributed by atoms with E-state index in [0.29, 0.717) is 30.2 Å². The first-order chi connectivity index (χ1) is 12.4. The topological polar surface area (TPSA) is 74.1 Å². The Hall–Kier alpha value is -3.21. The molecule has 136 valence electrons. The van der Waals surface area contributed by atoms with Gasteiger partial charge in [0.2, 0.25) is 0 Å². The van der Waals surface area contributed by atoms with Crippen LogP contribution in [0.5, 0.6) is 5.75 Å². The summed E-state index contributed by atoms with van der Waals surface area (Å²) in [6.45, 7) is -0.619. The molecule has 26 heavy (non-hydrogen) atoms. The summed E-state index contributed by atoms with van der Waals surface area (Å²) in [6.07, 6.45) is -4.45. The van der Waals surface area contributed by atoms with E-state index in [0.717, 1.165) is 0 Å². The Morgan fingerprint density at radius 3 is 2.54 bits per heavy atom. The lowest BCUT2D eigenvalue weighted by molar-refractivity contribution is -0.123. The molecule has 2 aromatic carbocycles. The molecule has 0 saturated heterocycles. The first kappa shape index (κ1) is 19.1. The molecule has 0 aliphatic heterocycles. The summed E-state index contributed by atoms with van der Waals surface area (Å²) in [6, 6.07) is 14.8. The largest absolute Gasteiger partial charge is 0.492 e. The maximum Gasteiger partial charge on any atom is 0.405 e. The van der Waals surface area contributed by atoms with Crippen LogP contribution in [0, 0.1) is 11.3 Å². The van der Waals surface area contributed by atoms with Crippen LogP contribution < -0.4 is 15.4 Å². The minimum absolute atomic E-state index is 0.132. The highest BCUT2D eigenvalue weighted by Crippen LogP contribution is 2.15. The fraction of sp³-hybridized carbons (Fsp3) is 0.222. The number of nitrogens with zero attached hydrogens (tertiary/aromatic N) is 1. The van der Waals surface area contributed by atoms with Gasteiger partial charge in [0.1, 0.15) is 18.9 Å². The van der Waals surface area contributed by atoms with Crippen LogP contribution in [0.3, 0.4) is 0 Å². The summed E-state index contributed by atoms with van der Waals surface area (Å²) in [7, 11) is 0. The Kier molecular flexibility index (Phi) is 6.44. The number of nitriles is 1. The second kappa shape index (κ2) is 8.76. The van der Waals surface area contributed by atoms with Crippen molar-refractivity contribution in [1.29, 1.82) is 5.26 Å². The Balaban J connectivity index is 1.80. The van der Waals surface area contributed by atoms with Gasteiger partial charge in [0.05, 0.1) is 11.6 Å². The molecule has 0 aliphatic rings. The van der Waals surface area contributed by atoms with E-state index >= 15 is 0 Å². The third kappa shape index (κ3) is 6.36. The molecule has 0 fully saturated rings. The van der Waals surface area contributed by atoms with E-state index in [4.69, 9.17) is 10.00 Å². The van der Waals surface area contributed by atoms with Gasteiger partial charge in [-0.15, -0.1) is 0 Å². The summed E-state index contributed by atoms with van der Waals surface area (Å²) >= 11 is 0. The van der Waals surface area contributed by atoms with Crippen LogP contribution in [0.1, 0.15) is 15.9 Å². The molecule has 0 bridgehead atoms. The average molecular weight is 363 g/mol. The van der Waals surface area contributed by atoms with Gasteiger partial charge >= 0.3 is 6.18 Å². The van der Waals surface area contributed by atoms with Crippen molar-refractivity contribution in [1.82, 2.24) is 5.32 Å². The Labute approximate surface area is 148 Å². The van der Waals surface area contributed by atoms with Gasteiger partial charge in [-0.1, -0.05) is 6.07 Å². The molecule has 0 radical (unpaired) electrons. The highest BCUT2D eigenvalue weighted by Gasteiger charge is 2.27. The Morgan fingerprint density at radius 2 is 1.88 bits per heavy atom. The number of rotatable bonds is 7. The maximum atomic E-state index is 12.1. The standard InChI is InChI=1S/C18H16F3N3O2/c19-18(20,21)12-24-17(25)14-2-1-3-15(10-14)23-8-9-26-16-6-4-13(11-22)5-7-16/h1-7,10,23H,8-9,12H2,(H,24,25). The molecule has 5 nitrogen and oxygen atoms in total. The minimum atomic E-state index is -4.45. The van der Waals surface area contributed by atoms with E-state index in [1.165, 1.54) is 12.1 Å². The zero-order valence-corrected chi connectivity index (χ0v) is 13.6. The average Bonchev–Trinajstić information content (AvgIpc) is 2.63. The van der Waals surface area contributed by atoms with Crippen LogP contribution in [0.2, 0.25) is 0 Å². The van der Waals surface area contributed by atoms with Gasteiger partial charge in [0.15, 0.2) is 0 Å². The highest BCUT2D eigenvalue weighted by molar-refractivity contribution is 5.95. The van der Waals surface area contributed by atoms with Crippen molar-refractivity contribution in [3.63, 3.8) is 0 Å². The molecular weight excluding hydrogens is 347 g/mol. The quantitative estimate of drug-likeness (QED) is 0.740. The summed E-state index contributed by atoms with van der Waals surface area (Å²) < 4.78 is 41.9. The molecule has 2 aromatic rings. The zero-order chi connectivity index (χ0) is 19.0. The van der Waals surface area contributed by atoms with Crippen LogP contribution in [-0.2, 0) is 0 Å². The van der Waals surface area contributed by atoms with E-state index < -0.39 is 18.6 Å². The van der Waals surface area contributed by atoms with Gasteiger partial charge in [-0.25, -0.2) is 0 Å². The number of anilines is 1. The predicted octanol–water partition coefficient (Wildman–Crippen LogP) is 3.34. The minimum Gasteiger partial charge on any atom is -0.492 e. The van der Waals surface area contributed by atoms with Crippen molar-refractivity contribution in [3.8, 4) is 11.8 Å². The van der Waals surface area contributed by atoms with E-state index in [2.05, 4.69) is 5.32 Å². The van der Waals surface area contributed by atoms with Crippen molar-refractivity contribution in [2.75, 3.05) is 25.0 Å². The molecule has 1 amide bonds. The fourth-order valence-electron chi connectivity index (χ4n) is 2.04. The van der Waals surface area contributed by atoms with E-state index in [-0.39, 0.29) is 5.56 Å². The third-order valence-electron chi connectivity index (χ3n) is 3.26. The number of ether oxygens (including phenoxy) is 1. The smallest absolute Gasteiger partial charge is 0.405 e. The maximum absolute atomic E-state index is 12.1. The lowest BCUT2D eigenvalue weighted by Crippen LogP contribution is -2.33. The van der Waals surface area contributed by atoms with E-state index in [1.54, 1.807) is 36.4 Å². The third-order valence-corrected chi connectivity index (χ3v) is 3.26. The van der Waals surface area contributed by atoms with Crippen molar-refractivity contribution in [3.05, 3.63) is 59.7 Å². The molecule has 0 aromatic heterocycles. The molecule has 0 atom stereocenters. The number of alkyl halides is 3. The first-order valence-electron chi connectivity index (χ1n) is 7.69. The summed E-state index contributed by atoms with van der Waals surface area (Å²) in [5.74, 6) is -0.175. The van der Waals surface area contributed by atoms with Crippen LogP contribution in [0.25, 0.3) is 0 Å². The van der Waals surface area contributed by atoms with Crippen molar-refractivity contribution < 1.29 is 22.7 Å². The number of halogens is 3. The molecule has 0 heterocycles. The van der Waals surface area contributed by atoms with E-state index in [9.17, 15) is 18.0 Å². The van der Waals surface area contributed by atoms with Gasteiger partial charge < -0.3 is 15.4 Å². The second-order valence-electron chi connectivity index (χ2n) is 5.29. The number of benzene rings is 2. The number of hydrogen-bond acceptors (Lipinski definition) is 4. The molecule has 0 spiro atoms. The lowest BCUT2D eigenvalue weighted by Gasteiger charge is -2.11. The molecule has 2 rings (SSSR count). The summed E-state index contributed by atoms with van der Waals surface area (Å²) in [4.78, 5) is 11.7. The van der Waals surface area contributed by atoms with Gasteiger partial charge in [-0.2, -0.15) is 18.4 Å². The normalized spacial score (nSPS) is 10.7. The van der Waals surface area contributed by atoms with Crippen LogP contribution in [0.4, 0.5) is 18.9 Å². The first-order valence-corrected chi connectivity index (χ1v) is 7.69. The van der Waals surface area contributed by atoms with Crippen LogP contribution in [0.15, 0.2) is 48.5 Å². The summed E-state index contributed by atoms with van der Waals surface area (Å²) in [5.41, 5.74) is 1.26. The Morgan fingerprint density at radius 1 is 1.15 bits per heavy atom. The zero-order valence-electron chi connectivity index (χ0n) is 13.6. The summed E-state index contributed by atoms with van der Waals surface area (Å²) in [5, 5.41) is 13.6. The lowest BCUT2D eigenvalue weighted by atomic mass is 10.2. The molecule has 0 saturated carbocycles. The number of hydrogen-bond donors (Lipinski definition) is 2. The number of carbonyl (C=O) groups excluding carboxylic acids is 1. The van der Waals surface area contributed by atoms with Crippen molar-refractivity contribution in [2.24, 2.45) is 0 Å². The monoisotopic (exact) mass is 363 g/mol. The second-order valence-corrected chi connectivity index (χ2v) is 5.29. The Bertz CT molecular complexity index is 784. The number of amides is 1. The number of carbonyl (C=O) groups is 1. The van der Waals surface area contributed by atoms with E-state index in [1.807, 2.05) is 11.4 Å². The molecule has 0 unspecified atom stereocenters. The fourth-order valence-corrected chi connectivity index (χ4v) is 2.04. The molecule has 0 aliphatic carbocycles. The van der Waals surface area contributed by atoms with Crippen molar-refractivity contribution >= 4 is 11.6 Å². The van der Waals surface area contributed by atoms with Gasteiger partial charge in [0.25, 0.3) is 5.91 Å². The van der Waals surface area contributed by atoms with Gasteiger partial charge in [0, 0.05) is 17.8 Å². The van der Waals surface area contributed by atoms with Gasteiger partial charge in [-0.3, -0.25) is 4.79 Å². The number of nitrogens with one attached hydrogen (secondary N) is 2. The molecular formula is C18H16F3N3O2. The van der Waals surface area contributed by atoms with Crippen LogP contribution >= 0.6 is 0 Å². The highest BCUT2D eigenvalue weighted by atomic mass is 19.4. The molecule has 8 heteroatoms. The van der Waals surface area contributed by atoms with Gasteiger partial charge in [-0.05, 0) is 42.5 Å².